The van der Waals surface area contributed by atoms with Gasteiger partial charge < -0.3 is 9.30 Å². The van der Waals surface area contributed by atoms with Gasteiger partial charge in [0.25, 0.3) is 0 Å². The van der Waals surface area contributed by atoms with Crippen molar-refractivity contribution in [2.45, 2.75) is 76.6 Å². The molecule has 0 radical (unpaired) electrons. The van der Waals surface area contributed by atoms with Crippen LogP contribution in [0.25, 0.3) is 0 Å². The molecule has 0 saturated carbocycles. The fourth-order valence-electron chi connectivity index (χ4n) is 3.33. The molecule has 2 rings (SSSR count). The Labute approximate surface area is 137 Å². The van der Waals surface area contributed by atoms with Crippen LogP contribution >= 0.6 is 0 Å². The van der Waals surface area contributed by atoms with Gasteiger partial charge in [0, 0.05) is 0 Å². The summed E-state index contributed by atoms with van der Waals surface area (Å²) in [6.07, 6.45) is 0. The zero-order valence-corrected chi connectivity index (χ0v) is 17.8. The zero-order valence-electron chi connectivity index (χ0n) is 13.8. The van der Waals surface area contributed by atoms with Crippen molar-refractivity contribution >= 4 is 51.8 Å². The summed E-state index contributed by atoms with van der Waals surface area (Å²) < 4.78 is 7.69. The second kappa shape index (κ2) is 6.65. The van der Waals surface area contributed by atoms with E-state index in [1.165, 1.54) is 24.2 Å². The van der Waals surface area contributed by atoms with Crippen LogP contribution < -0.4 is 9.30 Å². The van der Waals surface area contributed by atoms with E-state index >= 15 is 0 Å². The molecular weight excluding hydrogens is 291 g/mol. The van der Waals surface area contributed by atoms with Gasteiger partial charge in [0.2, 0.25) is 0 Å². The van der Waals surface area contributed by atoms with E-state index < -0.39 is 32.9 Å². The Morgan fingerprint density at radius 3 is 0.684 bits per heavy atom. The zero-order chi connectivity index (χ0) is 14.2. The Morgan fingerprint density at radius 1 is 0.474 bits per heavy atom. The minimum atomic E-state index is -0.864. The van der Waals surface area contributed by atoms with Crippen molar-refractivity contribution in [2.24, 2.45) is 0 Å². The minimum absolute atomic E-state index is 0. The van der Waals surface area contributed by atoms with Crippen LogP contribution in [0.5, 0.6) is 0 Å². The summed E-state index contributed by atoms with van der Waals surface area (Å²) in [4.78, 5) is 0. The topological polar surface area (TPSA) is 24.1 Å². The molecule has 2 aliphatic rings. The molecule has 0 aromatic heterocycles. The Bertz CT molecular complexity index is 248. The molecule has 2 fully saturated rings. The monoisotopic (exact) mass is 326 g/mol. The third kappa shape index (κ3) is 7.81. The first-order valence-corrected chi connectivity index (χ1v) is 20.2. The number of hydrogen-bond donors (Lipinski definition) is 2. The van der Waals surface area contributed by atoms with Gasteiger partial charge in [-0.25, -0.2) is 0 Å². The summed E-state index contributed by atoms with van der Waals surface area (Å²) in [5.74, 6) is 0. The SMILES string of the molecule is C[Si]1(C)CC[Si](C)(C)N1.C[Si]1(C)CC[Si](C)(C)N1.[LiH]. The summed E-state index contributed by atoms with van der Waals surface area (Å²) in [5.41, 5.74) is 0. The van der Waals surface area contributed by atoms with Gasteiger partial charge >= 0.3 is 18.9 Å². The summed E-state index contributed by atoms with van der Waals surface area (Å²) in [6.45, 7) is 19.5. The van der Waals surface area contributed by atoms with Gasteiger partial charge in [-0.1, -0.05) is 52.4 Å². The summed E-state index contributed by atoms with van der Waals surface area (Å²) in [7, 11) is -3.46. The fraction of sp³-hybridized carbons (Fsp3) is 1.00. The third-order valence-corrected chi connectivity index (χ3v) is 21.9. The van der Waals surface area contributed by atoms with E-state index in [1.54, 1.807) is 0 Å². The molecule has 0 aromatic carbocycles. The van der Waals surface area contributed by atoms with Gasteiger partial charge in [0.1, 0.15) is 32.9 Å². The fourth-order valence-corrected chi connectivity index (χ4v) is 30.0. The maximum absolute atomic E-state index is 3.85. The Kier molecular flexibility index (Phi) is 7.14. The van der Waals surface area contributed by atoms with Gasteiger partial charge in [-0.2, -0.15) is 0 Å². The van der Waals surface area contributed by atoms with Crippen LogP contribution in [0.15, 0.2) is 0 Å². The molecule has 0 bridgehead atoms. The van der Waals surface area contributed by atoms with Crippen LogP contribution in [-0.2, 0) is 0 Å². The Morgan fingerprint density at radius 2 is 0.632 bits per heavy atom. The molecular formula is C12H35LiN2Si4. The van der Waals surface area contributed by atoms with Crippen molar-refractivity contribution in [1.82, 2.24) is 9.30 Å². The van der Waals surface area contributed by atoms with Crippen LogP contribution in [0.3, 0.4) is 0 Å². The second-order valence-electron chi connectivity index (χ2n) is 8.79. The first-order valence-electron chi connectivity index (χ1n) is 7.41. The van der Waals surface area contributed by atoms with Gasteiger partial charge in [-0.15, -0.1) is 0 Å². The second-order valence-corrected chi connectivity index (χ2v) is 27.9. The van der Waals surface area contributed by atoms with Crippen LogP contribution in [0.2, 0.25) is 76.6 Å². The number of rotatable bonds is 0. The molecule has 0 amide bonds. The van der Waals surface area contributed by atoms with Crippen molar-refractivity contribution in [3.63, 3.8) is 0 Å². The van der Waals surface area contributed by atoms with Crippen LogP contribution in [0, 0.1) is 0 Å². The van der Waals surface area contributed by atoms with Crippen LogP contribution in [0.4, 0.5) is 0 Å². The molecule has 7 heteroatoms. The maximum atomic E-state index is 3.85. The van der Waals surface area contributed by atoms with E-state index in [4.69, 9.17) is 0 Å². The summed E-state index contributed by atoms with van der Waals surface area (Å²) in [5, 5.41) is 0. The number of hydrogen-bond acceptors (Lipinski definition) is 2. The van der Waals surface area contributed by atoms with Crippen molar-refractivity contribution in [3.8, 4) is 0 Å². The van der Waals surface area contributed by atoms with Crippen molar-refractivity contribution in [1.29, 1.82) is 0 Å². The molecule has 0 aliphatic carbocycles. The Hall–Kier alpha value is 1.38. The predicted octanol–water partition coefficient (Wildman–Crippen LogP) is 3.35. The number of nitrogens with one attached hydrogen (secondary N) is 2. The van der Waals surface area contributed by atoms with Crippen LogP contribution in [0.1, 0.15) is 0 Å². The first-order chi connectivity index (χ1) is 7.83. The standard InChI is InChI=1S/2C6H17NSi2.Li.H/c2*1-8(2)5-6-9(3,4)7-8;;/h2*7H,5-6H2,1-4H3;;. The molecule has 0 atom stereocenters. The molecule has 2 N–H and O–H groups in total. The van der Waals surface area contributed by atoms with E-state index in [-0.39, 0.29) is 18.9 Å². The first kappa shape index (κ1) is 20.4. The summed E-state index contributed by atoms with van der Waals surface area (Å²) >= 11 is 0. The normalized spacial score (nSPS) is 29.1. The van der Waals surface area contributed by atoms with Crippen LogP contribution in [-0.4, -0.2) is 51.8 Å². The molecule has 19 heavy (non-hydrogen) atoms. The average Bonchev–Trinajstić information content (AvgIpc) is 2.48. The molecule has 2 saturated heterocycles. The molecule has 2 heterocycles. The van der Waals surface area contributed by atoms with E-state index in [9.17, 15) is 0 Å². The Balaban J connectivity index is 0.000000324. The molecule has 110 valence electrons. The van der Waals surface area contributed by atoms with Gasteiger partial charge in [-0.05, 0) is 24.2 Å². The average molecular weight is 327 g/mol. The summed E-state index contributed by atoms with van der Waals surface area (Å²) in [6, 6.07) is 6.02. The molecule has 0 spiro atoms. The molecule has 2 aliphatic heterocycles. The van der Waals surface area contributed by atoms with Crippen molar-refractivity contribution in [2.75, 3.05) is 0 Å². The third-order valence-electron chi connectivity index (χ3n) is 4.10. The van der Waals surface area contributed by atoms with Gasteiger partial charge in [0.05, 0.1) is 0 Å². The molecule has 2 nitrogen and oxygen atoms in total. The van der Waals surface area contributed by atoms with E-state index in [1.807, 2.05) is 0 Å². The predicted molar refractivity (Wildman–Crippen MR) is 103 cm³/mol. The van der Waals surface area contributed by atoms with E-state index in [0.29, 0.717) is 0 Å². The quantitative estimate of drug-likeness (QED) is 0.667. The van der Waals surface area contributed by atoms with Gasteiger partial charge in [-0.3, -0.25) is 0 Å². The van der Waals surface area contributed by atoms with Gasteiger partial charge in [0.15, 0.2) is 0 Å². The van der Waals surface area contributed by atoms with Crippen molar-refractivity contribution in [3.05, 3.63) is 0 Å². The molecule has 0 unspecified atom stereocenters. The van der Waals surface area contributed by atoms with E-state index in [2.05, 4.69) is 61.7 Å². The molecule has 0 aromatic rings. The van der Waals surface area contributed by atoms with Crippen molar-refractivity contribution < 1.29 is 0 Å². The van der Waals surface area contributed by atoms with E-state index in [0.717, 1.165) is 0 Å².